The number of benzene rings is 2. The number of likely N-dealkylation sites (tertiary alicyclic amines) is 1. The molecule has 2 heterocycles. The highest BCUT2D eigenvalue weighted by Gasteiger charge is 2.31. The van der Waals surface area contributed by atoms with Crippen LogP contribution in [0.2, 0.25) is 4.34 Å². The maximum Gasteiger partial charge on any atom is 0.573 e. The summed E-state index contributed by atoms with van der Waals surface area (Å²) < 4.78 is 46.5. The molecule has 1 amide bonds. The third-order valence-corrected chi connectivity index (χ3v) is 6.64. The lowest BCUT2D eigenvalue weighted by Gasteiger charge is -2.18. The third-order valence-electron chi connectivity index (χ3n) is 5.49. The number of ether oxygens (including phenoxy) is 2. The van der Waals surface area contributed by atoms with E-state index in [0.717, 1.165) is 36.8 Å². The van der Waals surface area contributed by atoms with Crippen LogP contribution in [0.25, 0.3) is 0 Å². The van der Waals surface area contributed by atoms with Gasteiger partial charge in [-0.25, -0.2) is 0 Å². The fourth-order valence-corrected chi connectivity index (χ4v) is 4.47. The molecule has 7 nitrogen and oxygen atoms in total. The Balaban J connectivity index is 0.000000451. The number of carbonyl (C=O) groups is 3. The zero-order valence-corrected chi connectivity index (χ0v) is 22.7. The number of alkyl halides is 3. The first-order valence-corrected chi connectivity index (χ1v) is 12.9. The fourth-order valence-electron chi connectivity index (χ4n) is 3.60. The van der Waals surface area contributed by atoms with Crippen LogP contribution in [0.3, 0.4) is 0 Å². The third kappa shape index (κ3) is 11.5. The first-order chi connectivity index (χ1) is 18.6. The Morgan fingerprint density at radius 1 is 1.08 bits per heavy atom. The molecule has 1 fully saturated rings. The van der Waals surface area contributed by atoms with Crippen molar-refractivity contribution in [1.29, 1.82) is 0 Å². The Morgan fingerprint density at radius 3 is 2.18 bits per heavy atom. The average molecular weight is 585 g/mol. The zero-order valence-electron chi connectivity index (χ0n) is 21.1. The van der Waals surface area contributed by atoms with Gasteiger partial charge in [0.25, 0.3) is 0 Å². The number of carbonyl (C=O) groups excluding carboxylic acids is 3. The predicted octanol–water partition coefficient (Wildman–Crippen LogP) is 5.90. The maximum atomic E-state index is 12.2. The highest BCUT2D eigenvalue weighted by Crippen LogP contribution is 2.25. The number of thiophene rings is 1. The Hall–Kier alpha value is -3.41. The van der Waals surface area contributed by atoms with Crippen LogP contribution in [0.4, 0.5) is 13.2 Å². The van der Waals surface area contributed by atoms with Gasteiger partial charge in [0.05, 0.1) is 15.3 Å². The topological polar surface area (TPSA) is 84.9 Å². The summed E-state index contributed by atoms with van der Waals surface area (Å²) in [7, 11) is 1.96. The monoisotopic (exact) mass is 584 g/mol. The fraction of sp³-hybridized carbons (Fsp3) is 0.296. The van der Waals surface area contributed by atoms with Crippen molar-refractivity contribution in [1.82, 2.24) is 10.2 Å². The molecule has 1 N–H and O–H groups in total. The van der Waals surface area contributed by atoms with E-state index in [1.807, 2.05) is 38.1 Å². The number of hydrogen-bond acceptors (Lipinski definition) is 7. The van der Waals surface area contributed by atoms with Crippen LogP contribution in [-0.2, 0) is 22.7 Å². The van der Waals surface area contributed by atoms with Gasteiger partial charge in [0.1, 0.15) is 24.9 Å². The molecule has 1 saturated heterocycles. The van der Waals surface area contributed by atoms with Crippen LogP contribution in [-0.4, -0.2) is 49.9 Å². The molecular formula is C27H28ClF3N2O5S. The van der Waals surface area contributed by atoms with E-state index in [9.17, 15) is 22.8 Å². The molecule has 1 aromatic heterocycles. The number of halogens is 4. The smallest absolute Gasteiger partial charge is 0.489 e. The summed E-state index contributed by atoms with van der Waals surface area (Å²) in [5.74, 6) is 0.201. The van der Waals surface area contributed by atoms with Crippen LogP contribution < -0.4 is 14.8 Å². The summed E-state index contributed by atoms with van der Waals surface area (Å²) >= 11 is 6.78. The number of aldehydes is 1. The molecule has 1 unspecified atom stereocenters. The number of hydrogen-bond donors (Lipinski definition) is 1. The number of likely N-dealkylation sites (N-methyl/N-ethyl adjacent to an activating group) is 1. The number of nitrogens with zero attached hydrogens (tertiary/aromatic N) is 1. The molecule has 0 spiro atoms. The van der Waals surface area contributed by atoms with Crippen LogP contribution >= 0.6 is 22.9 Å². The molecule has 210 valence electrons. The van der Waals surface area contributed by atoms with E-state index < -0.39 is 6.36 Å². The first kappa shape index (κ1) is 31.8. The summed E-state index contributed by atoms with van der Waals surface area (Å²) in [5.41, 5.74) is 1.89. The van der Waals surface area contributed by atoms with E-state index in [1.54, 1.807) is 12.1 Å². The summed E-state index contributed by atoms with van der Waals surface area (Å²) in [6.45, 7) is 3.69. The molecule has 1 aliphatic rings. The minimum atomic E-state index is -4.71. The Bertz CT molecular complexity index is 1170. The Labute approximate surface area is 233 Å². The molecule has 0 aliphatic carbocycles. The highest BCUT2D eigenvalue weighted by atomic mass is 35.5. The van der Waals surface area contributed by atoms with Gasteiger partial charge in [-0.15, -0.1) is 24.5 Å². The van der Waals surface area contributed by atoms with Crippen molar-refractivity contribution >= 4 is 41.9 Å². The van der Waals surface area contributed by atoms with Gasteiger partial charge in [-0.1, -0.05) is 35.9 Å². The zero-order chi connectivity index (χ0) is 28.8. The second-order valence-electron chi connectivity index (χ2n) is 8.24. The van der Waals surface area contributed by atoms with Crippen molar-refractivity contribution in [2.24, 2.45) is 0 Å². The van der Waals surface area contributed by atoms with Gasteiger partial charge in [0.15, 0.2) is 6.29 Å². The SMILES string of the molecule is C=O.CN1CCCC1C(=O)NCc1ccc(COc2ccc(OC(F)(F)F)cc2)cc1.O=Cc1ccc(Cl)s1. The minimum absolute atomic E-state index is 0.0457. The van der Waals surface area contributed by atoms with Crippen LogP contribution in [0.1, 0.15) is 33.6 Å². The van der Waals surface area contributed by atoms with Crippen molar-refractivity contribution in [2.45, 2.75) is 38.4 Å². The predicted molar refractivity (Wildman–Crippen MR) is 143 cm³/mol. The van der Waals surface area contributed by atoms with E-state index in [4.69, 9.17) is 21.1 Å². The molecular weight excluding hydrogens is 557 g/mol. The maximum absolute atomic E-state index is 12.2. The summed E-state index contributed by atoms with van der Waals surface area (Å²) in [5, 5.41) is 2.97. The number of nitrogens with one attached hydrogen (secondary N) is 1. The van der Waals surface area contributed by atoms with Gasteiger partial charge in [0.2, 0.25) is 5.91 Å². The Morgan fingerprint density at radius 2 is 1.69 bits per heavy atom. The second kappa shape index (κ2) is 15.9. The second-order valence-corrected chi connectivity index (χ2v) is 9.99. The van der Waals surface area contributed by atoms with Crippen molar-refractivity contribution in [3.63, 3.8) is 0 Å². The summed E-state index contributed by atoms with van der Waals surface area (Å²) in [6.07, 6.45) is -1.99. The van der Waals surface area contributed by atoms with Gasteiger partial charge in [-0.3, -0.25) is 14.5 Å². The van der Waals surface area contributed by atoms with Crippen LogP contribution in [0.5, 0.6) is 11.5 Å². The highest BCUT2D eigenvalue weighted by molar-refractivity contribution is 7.17. The molecule has 1 atom stereocenters. The van der Waals surface area contributed by atoms with E-state index in [2.05, 4.69) is 15.0 Å². The van der Waals surface area contributed by atoms with E-state index in [1.165, 1.54) is 35.6 Å². The molecule has 0 radical (unpaired) electrons. The first-order valence-electron chi connectivity index (χ1n) is 11.7. The molecule has 2 aromatic carbocycles. The minimum Gasteiger partial charge on any atom is -0.489 e. The summed E-state index contributed by atoms with van der Waals surface area (Å²) in [4.78, 5) is 32.9. The van der Waals surface area contributed by atoms with Gasteiger partial charge in [0, 0.05) is 6.54 Å². The largest absolute Gasteiger partial charge is 0.573 e. The van der Waals surface area contributed by atoms with E-state index >= 15 is 0 Å². The van der Waals surface area contributed by atoms with Crippen molar-refractivity contribution in [3.8, 4) is 11.5 Å². The van der Waals surface area contributed by atoms with Gasteiger partial charge < -0.3 is 19.6 Å². The van der Waals surface area contributed by atoms with Crippen molar-refractivity contribution in [3.05, 3.63) is 81.0 Å². The normalized spacial score (nSPS) is 14.7. The van der Waals surface area contributed by atoms with Crippen molar-refractivity contribution in [2.75, 3.05) is 13.6 Å². The summed E-state index contributed by atoms with van der Waals surface area (Å²) in [6, 6.07) is 16.2. The van der Waals surface area contributed by atoms with Crippen LogP contribution in [0, 0.1) is 0 Å². The lowest BCUT2D eigenvalue weighted by Crippen LogP contribution is -2.41. The molecule has 12 heteroatoms. The molecule has 0 saturated carbocycles. The average Bonchev–Trinajstić information content (AvgIpc) is 3.55. The lowest BCUT2D eigenvalue weighted by molar-refractivity contribution is -0.274. The molecule has 39 heavy (non-hydrogen) atoms. The molecule has 4 rings (SSSR count). The molecule has 3 aromatic rings. The Kier molecular flexibility index (Phi) is 12.9. The van der Waals surface area contributed by atoms with Crippen molar-refractivity contribution < 1.29 is 37.0 Å². The molecule has 0 bridgehead atoms. The molecule has 1 aliphatic heterocycles. The number of amides is 1. The van der Waals surface area contributed by atoms with E-state index in [-0.39, 0.29) is 24.3 Å². The van der Waals surface area contributed by atoms with Gasteiger partial charge in [-0.05, 0) is 74.0 Å². The number of rotatable bonds is 8. The van der Waals surface area contributed by atoms with Gasteiger partial charge >= 0.3 is 6.36 Å². The standard InChI is InChI=1S/C21H23F3N2O3.C5H3ClOS.CH2O/c1-26-12-2-3-19(26)20(27)25-13-15-4-6-16(7-5-15)14-28-17-8-10-18(11-9-17)29-21(22,23)24;6-5-2-1-4(3-7)8-5;1-2/h4-11,19H,2-3,12-14H2,1H3,(H,25,27);1-3H;1H2. The quantitative estimate of drug-likeness (QED) is 0.332. The van der Waals surface area contributed by atoms with Crippen LogP contribution in [0.15, 0.2) is 60.7 Å². The van der Waals surface area contributed by atoms with Gasteiger partial charge in [-0.2, -0.15) is 0 Å². The lowest BCUT2D eigenvalue weighted by atomic mass is 10.1. The van der Waals surface area contributed by atoms with E-state index in [0.29, 0.717) is 21.5 Å².